The molecule has 0 radical (unpaired) electrons. The Morgan fingerprint density at radius 2 is 1.78 bits per heavy atom. The molecule has 0 amide bonds. The summed E-state index contributed by atoms with van der Waals surface area (Å²) in [7, 11) is -3.72. The van der Waals surface area contributed by atoms with Crippen LogP contribution >= 0.6 is 0 Å². The van der Waals surface area contributed by atoms with Crippen molar-refractivity contribution in [1.82, 2.24) is 4.90 Å². The predicted molar refractivity (Wildman–Crippen MR) is 111 cm³/mol. The fraction of sp³-hybridized carbons (Fsp3) is 0.318. The Balaban J connectivity index is 1.37. The molecule has 1 unspecified atom stereocenters. The van der Waals surface area contributed by atoms with Crippen LogP contribution in [0.2, 0.25) is 0 Å². The van der Waals surface area contributed by atoms with Gasteiger partial charge in [-0.1, -0.05) is 12.1 Å². The molecule has 7 nitrogen and oxygen atoms in total. The van der Waals surface area contributed by atoms with Crippen LogP contribution in [0, 0.1) is 17.6 Å². The van der Waals surface area contributed by atoms with Gasteiger partial charge in [-0.3, -0.25) is 9.59 Å². The minimum Gasteiger partial charge on any atom is -0.454 e. The van der Waals surface area contributed by atoms with Gasteiger partial charge in [-0.25, -0.2) is 8.78 Å². The summed E-state index contributed by atoms with van der Waals surface area (Å²) in [6.07, 6.45) is -0.361. The maximum absolute atomic E-state index is 13.4. The van der Waals surface area contributed by atoms with Gasteiger partial charge in [-0.05, 0) is 50.1 Å². The van der Waals surface area contributed by atoms with Crippen molar-refractivity contribution < 1.29 is 31.5 Å². The minimum atomic E-state index is -3.72. The molecule has 10 heteroatoms. The van der Waals surface area contributed by atoms with E-state index in [1.165, 1.54) is 13.0 Å². The maximum atomic E-state index is 13.4. The third-order valence-electron chi connectivity index (χ3n) is 5.61. The van der Waals surface area contributed by atoms with Gasteiger partial charge >= 0.3 is 5.97 Å². The first-order valence-electron chi connectivity index (χ1n) is 10.1. The van der Waals surface area contributed by atoms with Crippen molar-refractivity contribution in [3.63, 3.8) is 0 Å². The van der Waals surface area contributed by atoms with Crippen molar-refractivity contribution >= 4 is 27.6 Å². The normalized spacial score (nSPS) is 18.6. The van der Waals surface area contributed by atoms with Gasteiger partial charge in [0.05, 0.1) is 5.92 Å². The Hall–Kier alpha value is -3.14. The van der Waals surface area contributed by atoms with Gasteiger partial charge in [0.1, 0.15) is 4.90 Å². The summed E-state index contributed by atoms with van der Waals surface area (Å²) in [5, 5.41) is 0. The van der Waals surface area contributed by atoms with Crippen molar-refractivity contribution in [2.75, 3.05) is 13.1 Å². The number of carbonyl (C=O) groups is 2. The van der Waals surface area contributed by atoms with Crippen molar-refractivity contribution in [3.8, 4) is 0 Å². The Morgan fingerprint density at radius 1 is 1.09 bits per heavy atom. The predicted octanol–water partition coefficient (Wildman–Crippen LogP) is 2.94. The molecule has 1 fully saturated rings. The van der Waals surface area contributed by atoms with Gasteiger partial charge in [0.2, 0.25) is 5.78 Å². The number of Topliss-reactive ketones (excluding diaryl/α,β-unsaturated/α-hetero) is 1. The Labute approximate surface area is 183 Å². The Kier molecular flexibility index (Phi) is 5.81. The van der Waals surface area contributed by atoms with E-state index in [9.17, 15) is 26.8 Å². The van der Waals surface area contributed by atoms with Crippen LogP contribution in [0.4, 0.5) is 8.78 Å². The molecule has 2 heterocycles. The number of sulfonamides is 1. The molecule has 0 bridgehead atoms. The van der Waals surface area contributed by atoms with E-state index in [0.29, 0.717) is 37.3 Å². The van der Waals surface area contributed by atoms with Crippen LogP contribution in [0.15, 0.2) is 51.8 Å². The molecule has 2 aliphatic heterocycles. The van der Waals surface area contributed by atoms with E-state index < -0.39 is 45.4 Å². The zero-order valence-corrected chi connectivity index (χ0v) is 17.9. The molecule has 4 rings (SSSR count). The van der Waals surface area contributed by atoms with Crippen molar-refractivity contribution in [3.05, 3.63) is 65.2 Å². The lowest BCUT2D eigenvalue weighted by molar-refractivity contribution is -0.152. The number of amidine groups is 1. The lowest BCUT2D eigenvalue weighted by Crippen LogP contribution is -2.41. The van der Waals surface area contributed by atoms with Crippen LogP contribution in [-0.2, 0) is 19.6 Å². The van der Waals surface area contributed by atoms with Gasteiger partial charge in [0, 0.05) is 24.2 Å². The van der Waals surface area contributed by atoms with E-state index in [2.05, 4.69) is 4.40 Å². The molecule has 32 heavy (non-hydrogen) atoms. The summed E-state index contributed by atoms with van der Waals surface area (Å²) >= 11 is 0. The van der Waals surface area contributed by atoms with Crippen molar-refractivity contribution in [2.45, 2.75) is 30.8 Å². The summed E-state index contributed by atoms with van der Waals surface area (Å²) < 4.78 is 60.1. The Bertz CT molecular complexity index is 1220. The highest BCUT2D eigenvalue weighted by Gasteiger charge is 2.35. The third kappa shape index (κ3) is 4.14. The number of halogens is 2. The molecule has 1 saturated heterocycles. The topological polar surface area (TPSA) is 93.1 Å². The SMILES string of the molecule is CC(OC(=O)C1CCN(C2=NS(=O)(=O)c3ccccc32)CC1)C(=O)c1ccc(F)c(F)c1. The van der Waals surface area contributed by atoms with Gasteiger partial charge in [-0.15, -0.1) is 4.40 Å². The number of nitrogens with zero attached hydrogens (tertiary/aromatic N) is 2. The van der Waals surface area contributed by atoms with E-state index in [4.69, 9.17) is 4.74 Å². The highest BCUT2D eigenvalue weighted by Crippen LogP contribution is 2.30. The zero-order valence-electron chi connectivity index (χ0n) is 17.1. The van der Waals surface area contributed by atoms with Crippen LogP contribution in [-0.4, -0.2) is 50.1 Å². The number of hydrogen-bond donors (Lipinski definition) is 0. The van der Waals surface area contributed by atoms with Crippen molar-refractivity contribution in [1.29, 1.82) is 0 Å². The fourth-order valence-electron chi connectivity index (χ4n) is 3.85. The van der Waals surface area contributed by atoms with Crippen LogP contribution in [0.5, 0.6) is 0 Å². The largest absolute Gasteiger partial charge is 0.454 e. The molecule has 0 spiro atoms. The first-order valence-corrected chi connectivity index (χ1v) is 11.5. The van der Waals surface area contributed by atoms with E-state index >= 15 is 0 Å². The average molecular weight is 462 g/mol. The van der Waals surface area contributed by atoms with E-state index in [0.717, 1.165) is 18.2 Å². The number of hydrogen-bond acceptors (Lipinski definition) is 6. The molecule has 1 atom stereocenters. The number of carbonyl (C=O) groups excluding carboxylic acids is 2. The molecule has 0 aromatic heterocycles. The molecule has 2 aliphatic rings. The minimum absolute atomic E-state index is 0.0851. The molecule has 2 aromatic rings. The number of rotatable bonds is 4. The first kappa shape index (κ1) is 22.1. The second-order valence-electron chi connectivity index (χ2n) is 7.72. The van der Waals surface area contributed by atoms with Crippen LogP contribution in [0.25, 0.3) is 0 Å². The quantitative estimate of drug-likeness (QED) is 0.512. The fourth-order valence-corrected chi connectivity index (χ4v) is 5.08. The van der Waals surface area contributed by atoms with Crippen LogP contribution < -0.4 is 0 Å². The molecule has 0 saturated carbocycles. The highest BCUT2D eigenvalue weighted by atomic mass is 32.2. The molecular weight excluding hydrogens is 442 g/mol. The van der Waals surface area contributed by atoms with Crippen LogP contribution in [0.3, 0.4) is 0 Å². The third-order valence-corrected chi connectivity index (χ3v) is 6.93. The number of benzene rings is 2. The van der Waals surface area contributed by atoms with E-state index in [1.54, 1.807) is 18.2 Å². The zero-order chi connectivity index (χ0) is 23.0. The smallest absolute Gasteiger partial charge is 0.309 e. The lowest BCUT2D eigenvalue weighted by Gasteiger charge is -2.32. The molecular formula is C22H20F2N2O5S. The van der Waals surface area contributed by atoms with Gasteiger partial charge in [-0.2, -0.15) is 8.42 Å². The number of piperidine rings is 1. The van der Waals surface area contributed by atoms with Crippen molar-refractivity contribution in [2.24, 2.45) is 10.3 Å². The standard InChI is InChI=1S/C22H20F2N2O5S/c1-13(20(27)15-6-7-17(23)18(24)12-15)31-22(28)14-8-10-26(11-9-14)21-16-4-2-3-5-19(16)32(29,30)25-21/h2-7,12-14H,8-11H2,1H3. The summed E-state index contributed by atoms with van der Waals surface area (Å²) in [5.74, 6) is -3.51. The highest BCUT2D eigenvalue weighted by molar-refractivity contribution is 7.90. The number of likely N-dealkylation sites (tertiary alicyclic amines) is 1. The monoisotopic (exact) mass is 462 g/mol. The summed E-state index contributed by atoms with van der Waals surface area (Å²) in [6.45, 7) is 2.17. The van der Waals surface area contributed by atoms with E-state index in [1.807, 2.05) is 4.90 Å². The summed E-state index contributed by atoms with van der Waals surface area (Å²) in [5.41, 5.74) is 0.456. The van der Waals surface area contributed by atoms with Gasteiger partial charge in [0.25, 0.3) is 10.0 Å². The second kappa shape index (κ2) is 8.42. The maximum Gasteiger partial charge on any atom is 0.309 e. The van der Waals surface area contributed by atoms with Gasteiger partial charge < -0.3 is 9.64 Å². The van der Waals surface area contributed by atoms with Gasteiger partial charge in [0.15, 0.2) is 23.6 Å². The number of fused-ring (bicyclic) bond motifs is 1. The molecule has 0 N–H and O–H groups in total. The molecule has 2 aromatic carbocycles. The van der Waals surface area contributed by atoms with Crippen LogP contribution in [0.1, 0.15) is 35.7 Å². The summed E-state index contributed by atoms with van der Waals surface area (Å²) in [6, 6.07) is 9.34. The number of esters is 1. The Morgan fingerprint density at radius 3 is 2.47 bits per heavy atom. The summed E-state index contributed by atoms with van der Waals surface area (Å²) in [4.78, 5) is 26.9. The van der Waals surface area contributed by atoms with E-state index in [-0.39, 0.29) is 10.5 Å². The second-order valence-corrected chi connectivity index (χ2v) is 9.29. The molecule has 168 valence electrons. The average Bonchev–Trinajstić information content (AvgIpc) is 3.06. The first-order chi connectivity index (χ1) is 15.2. The lowest BCUT2D eigenvalue weighted by atomic mass is 9.96. The number of ketones is 1. The molecule has 0 aliphatic carbocycles. The number of ether oxygens (including phenoxy) is 1.